The molecule has 3 aromatic heterocycles. The van der Waals surface area contributed by atoms with Crippen molar-refractivity contribution in [3.05, 3.63) is 40.5 Å². The third-order valence-corrected chi connectivity index (χ3v) is 5.99. The van der Waals surface area contributed by atoms with Gasteiger partial charge in [-0.1, -0.05) is 0 Å². The third-order valence-electron chi connectivity index (χ3n) is 5.02. The first-order chi connectivity index (χ1) is 15.4. The first-order valence-corrected chi connectivity index (χ1v) is 11.0. The molecule has 1 atom stereocenters. The Morgan fingerprint density at radius 1 is 1.22 bits per heavy atom. The number of rotatable bonds is 5. The number of aryl methyl sites for hydroxylation is 1. The molecule has 4 heterocycles. The number of hydrogen-bond donors (Lipinski definition) is 2. The Kier molecular flexibility index (Phi) is 6.12. The fourth-order valence-electron chi connectivity index (χ4n) is 3.41. The van der Waals surface area contributed by atoms with E-state index in [1.165, 1.54) is 17.4 Å². The second-order valence-corrected chi connectivity index (χ2v) is 8.60. The zero-order chi connectivity index (χ0) is 22.8. The third kappa shape index (κ3) is 4.44. The Hall–Kier alpha value is -3.41. The molecule has 1 saturated heterocycles. The lowest BCUT2D eigenvalue weighted by Crippen LogP contribution is -2.40. The fraction of sp³-hybridized carbons (Fsp3) is 0.400. The molecule has 3 aromatic rings. The predicted molar refractivity (Wildman–Crippen MR) is 118 cm³/mol. The van der Waals surface area contributed by atoms with E-state index >= 15 is 0 Å². The molecule has 10 nitrogen and oxygen atoms in total. The summed E-state index contributed by atoms with van der Waals surface area (Å²) in [6.07, 6.45) is 2.69. The normalized spacial score (nSPS) is 14.6. The van der Waals surface area contributed by atoms with E-state index < -0.39 is 5.82 Å². The number of carbonyl (C=O) groups excluding carboxylic acids is 2. The highest BCUT2D eigenvalue weighted by Gasteiger charge is 2.31. The van der Waals surface area contributed by atoms with Crippen molar-refractivity contribution >= 4 is 39.6 Å². The van der Waals surface area contributed by atoms with Crippen LogP contribution in [0.1, 0.15) is 40.9 Å². The van der Waals surface area contributed by atoms with Crippen LogP contribution in [0.5, 0.6) is 0 Å². The van der Waals surface area contributed by atoms with E-state index in [4.69, 9.17) is 0 Å². The van der Waals surface area contributed by atoms with Crippen LogP contribution in [0, 0.1) is 12.7 Å². The van der Waals surface area contributed by atoms with Gasteiger partial charge in [-0.15, -0.1) is 11.3 Å². The Labute approximate surface area is 187 Å². The minimum absolute atomic E-state index is 0.183. The van der Waals surface area contributed by atoms with Gasteiger partial charge in [0, 0.05) is 25.8 Å². The number of amides is 3. The van der Waals surface area contributed by atoms with E-state index in [-0.39, 0.29) is 36.3 Å². The molecule has 1 aliphatic heterocycles. The van der Waals surface area contributed by atoms with E-state index in [1.54, 1.807) is 16.0 Å². The van der Waals surface area contributed by atoms with Gasteiger partial charge in [-0.05, 0) is 32.4 Å². The maximum absolute atomic E-state index is 13.5. The molecule has 0 aliphatic carbocycles. The summed E-state index contributed by atoms with van der Waals surface area (Å²) in [6.45, 7) is 7.06. The number of aromatic nitrogens is 4. The molecule has 168 valence electrons. The number of carbonyl (C=O) groups is 2. The topological polar surface area (TPSA) is 116 Å². The van der Waals surface area contributed by atoms with Crippen LogP contribution in [0.4, 0.5) is 15.1 Å². The van der Waals surface area contributed by atoms with Crippen LogP contribution < -0.4 is 10.6 Å². The molecule has 4 rings (SSSR count). The van der Waals surface area contributed by atoms with E-state index in [9.17, 15) is 14.0 Å². The van der Waals surface area contributed by atoms with E-state index in [2.05, 4.69) is 30.6 Å². The minimum Gasteiger partial charge on any atom is -0.348 e. The molecular formula is C20H23FN8O2S. The first kappa shape index (κ1) is 21.8. The largest absolute Gasteiger partial charge is 0.348 e. The number of thiazole rings is 1. The molecule has 0 spiro atoms. The molecule has 1 fully saturated rings. The highest BCUT2D eigenvalue weighted by Crippen LogP contribution is 2.27. The van der Waals surface area contributed by atoms with Gasteiger partial charge >= 0.3 is 6.03 Å². The average Bonchev–Trinajstić information content (AvgIpc) is 3.39. The highest BCUT2D eigenvalue weighted by molar-refractivity contribution is 7.18. The van der Waals surface area contributed by atoms with Crippen LogP contribution in [0.15, 0.2) is 18.5 Å². The van der Waals surface area contributed by atoms with Gasteiger partial charge in [-0.25, -0.2) is 19.2 Å². The molecule has 0 bridgehead atoms. The summed E-state index contributed by atoms with van der Waals surface area (Å²) in [4.78, 5) is 45.8. The lowest BCUT2D eigenvalue weighted by Gasteiger charge is -2.19. The first-order valence-electron chi connectivity index (χ1n) is 10.2. The number of anilines is 1. The lowest BCUT2D eigenvalue weighted by molar-refractivity contribution is 0.0770. The van der Waals surface area contributed by atoms with Crippen molar-refractivity contribution in [2.45, 2.75) is 26.8 Å². The minimum atomic E-state index is -0.441. The molecular weight excluding hydrogens is 435 g/mol. The number of fused-ring (bicyclic) bond motifs is 1. The summed E-state index contributed by atoms with van der Waals surface area (Å²) in [5, 5.41) is 6.61. The molecule has 0 unspecified atom stereocenters. The van der Waals surface area contributed by atoms with Crippen LogP contribution in [0.2, 0.25) is 0 Å². The summed E-state index contributed by atoms with van der Waals surface area (Å²) in [7, 11) is 0. The standard InChI is InChI=1S/C20H23FN8O2S/c1-4-23-20(31)29-6-5-28(10-29)18(30)15-16-17(25-12(3)32-16)27-19(26-15)24-11(2)13-7-14(21)9-22-8-13/h7-9,11H,4-6,10H2,1-3H3,(H,23,31)(H,24,26,27)/t11-/m0/s1. The fourth-order valence-corrected chi connectivity index (χ4v) is 4.25. The number of urea groups is 1. The maximum atomic E-state index is 13.5. The number of nitrogens with one attached hydrogen (secondary N) is 2. The summed E-state index contributed by atoms with van der Waals surface area (Å²) in [5.74, 6) is -0.525. The highest BCUT2D eigenvalue weighted by atomic mass is 32.1. The van der Waals surface area contributed by atoms with Crippen LogP contribution in [0.25, 0.3) is 10.3 Å². The summed E-state index contributed by atoms with van der Waals surface area (Å²) >= 11 is 1.34. The van der Waals surface area contributed by atoms with Crippen LogP contribution in [-0.4, -0.2) is 68.0 Å². The van der Waals surface area contributed by atoms with Crippen molar-refractivity contribution in [1.82, 2.24) is 35.1 Å². The number of nitrogens with zero attached hydrogens (tertiary/aromatic N) is 6. The summed E-state index contributed by atoms with van der Waals surface area (Å²) in [5.41, 5.74) is 1.26. The Bertz CT molecular complexity index is 1170. The number of halogens is 1. The van der Waals surface area contributed by atoms with Gasteiger partial charge in [0.1, 0.15) is 10.5 Å². The van der Waals surface area contributed by atoms with Gasteiger partial charge < -0.3 is 20.4 Å². The van der Waals surface area contributed by atoms with Gasteiger partial charge in [-0.2, -0.15) is 4.98 Å². The number of hydrogen-bond acceptors (Lipinski definition) is 8. The van der Waals surface area contributed by atoms with Crippen molar-refractivity contribution in [3.63, 3.8) is 0 Å². The molecule has 0 saturated carbocycles. The quantitative estimate of drug-likeness (QED) is 0.604. The molecule has 32 heavy (non-hydrogen) atoms. The van der Waals surface area contributed by atoms with Crippen molar-refractivity contribution in [2.24, 2.45) is 0 Å². The van der Waals surface area contributed by atoms with Crippen LogP contribution >= 0.6 is 11.3 Å². The Morgan fingerprint density at radius 3 is 2.75 bits per heavy atom. The van der Waals surface area contributed by atoms with Gasteiger partial charge in [0.25, 0.3) is 5.91 Å². The smallest absolute Gasteiger partial charge is 0.318 e. The number of pyridine rings is 1. The molecule has 3 amide bonds. The van der Waals surface area contributed by atoms with Crippen molar-refractivity contribution < 1.29 is 14.0 Å². The Balaban J connectivity index is 1.61. The zero-order valence-corrected chi connectivity index (χ0v) is 18.7. The molecule has 12 heteroatoms. The second-order valence-electron chi connectivity index (χ2n) is 7.39. The SMILES string of the molecule is CCNC(=O)N1CCN(C(=O)c2nc(N[C@@H](C)c3cncc(F)c3)nc3nc(C)sc23)C1. The molecule has 0 radical (unpaired) electrons. The van der Waals surface area contributed by atoms with Gasteiger partial charge in [0.2, 0.25) is 5.95 Å². The van der Waals surface area contributed by atoms with Crippen molar-refractivity contribution in [2.75, 3.05) is 31.6 Å². The summed E-state index contributed by atoms with van der Waals surface area (Å²) in [6, 6.07) is 0.824. The molecule has 0 aromatic carbocycles. The average molecular weight is 459 g/mol. The van der Waals surface area contributed by atoms with Crippen LogP contribution in [-0.2, 0) is 0 Å². The van der Waals surface area contributed by atoms with E-state index in [0.29, 0.717) is 35.5 Å². The summed E-state index contributed by atoms with van der Waals surface area (Å²) < 4.78 is 14.1. The zero-order valence-electron chi connectivity index (χ0n) is 17.9. The van der Waals surface area contributed by atoms with E-state index in [1.807, 2.05) is 20.8 Å². The monoisotopic (exact) mass is 458 g/mol. The molecule has 1 aliphatic rings. The van der Waals surface area contributed by atoms with Crippen molar-refractivity contribution in [3.8, 4) is 0 Å². The lowest BCUT2D eigenvalue weighted by atomic mass is 10.1. The van der Waals surface area contributed by atoms with Gasteiger partial charge in [0.05, 0.1) is 23.9 Å². The van der Waals surface area contributed by atoms with Crippen molar-refractivity contribution in [1.29, 1.82) is 0 Å². The molecule has 2 N–H and O–H groups in total. The predicted octanol–water partition coefficient (Wildman–Crippen LogP) is 2.55. The second kappa shape index (κ2) is 8.99. The van der Waals surface area contributed by atoms with Gasteiger partial charge in [0.15, 0.2) is 11.3 Å². The maximum Gasteiger partial charge on any atom is 0.318 e. The van der Waals surface area contributed by atoms with E-state index in [0.717, 1.165) is 11.2 Å². The van der Waals surface area contributed by atoms with Gasteiger partial charge in [-0.3, -0.25) is 9.78 Å². The Morgan fingerprint density at radius 2 is 2.00 bits per heavy atom. The van der Waals surface area contributed by atoms with Crippen LogP contribution in [0.3, 0.4) is 0 Å².